The van der Waals surface area contributed by atoms with Crippen molar-refractivity contribution in [3.05, 3.63) is 35.4 Å². The molecule has 5 nitrogen and oxygen atoms in total. The fraction of sp³-hybridized carbons (Fsp3) is 0.438. The van der Waals surface area contributed by atoms with E-state index in [1.807, 2.05) is 0 Å². The van der Waals surface area contributed by atoms with Crippen molar-refractivity contribution in [2.75, 3.05) is 6.54 Å². The standard InChI is InChI=1S/C16H17NO4/c18-11-7-10(8-12(19)9-11)5-6-17-15(20)13-3-1-2-4-14(13)16(17)21/h1-4,10-11,18H,5-9H2/t10-,11-/m1/s1. The van der Waals surface area contributed by atoms with Gasteiger partial charge in [0, 0.05) is 19.4 Å². The number of ketones is 1. The van der Waals surface area contributed by atoms with E-state index >= 15 is 0 Å². The molecule has 0 aromatic heterocycles. The molecule has 21 heavy (non-hydrogen) atoms. The first-order chi connectivity index (χ1) is 10.1. The van der Waals surface area contributed by atoms with E-state index in [4.69, 9.17) is 0 Å². The SMILES string of the molecule is O=C1C[C@H](O)C[C@@H](CCN2C(=O)c3ccccc3C2=O)C1. The Bertz CT molecular complexity index is 575. The summed E-state index contributed by atoms with van der Waals surface area (Å²) < 4.78 is 0. The predicted molar refractivity (Wildman–Crippen MR) is 74.8 cm³/mol. The average Bonchev–Trinajstić information content (AvgIpc) is 2.69. The Kier molecular flexibility index (Phi) is 3.59. The van der Waals surface area contributed by atoms with Crippen molar-refractivity contribution in [3.63, 3.8) is 0 Å². The highest BCUT2D eigenvalue weighted by atomic mass is 16.3. The number of fused-ring (bicyclic) bond motifs is 1. The van der Waals surface area contributed by atoms with Gasteiger partial charge < -0.3 is 5.11 Å². The molecule has 1 aromatic carbocycles. The fourth-order valence-corrected chi connectivity index (χ4v) is 3.19. The number of nitrogens with zero attached hydrogens (tertiary/aromatic N) is 1. The van der Waals surface area contributed by atoms with E-state index in [1.165, 1.54) is 4.90 Å². The highest BCUT2D eigenvalue weighted by Gasteiger charge is 2.35. The summed E-state index contributed by atoms with van der Waals surface area (Å²) in [5.41, 5.74) is 0.893. The Hall–Kier alpha value is -2.01. The Morgan fingerprint density at radius 1 is 1.05 bits per heavy atom. The molecule has 1 N–H and O–H groups in total. The average molecular weight is 287 g/mol. The van der Waals surface area contributed by atoms with Crippen LogP contribution in [0.3, 0.4) is 0 Å². The van der Waals surface area contributed by atoms with Crippen LogP contribution in [0.1, 0.15) is 46.4 Å². The molecule has 1 aliphatic carbocycles. The lowest BCUT2D eigenvalue weighted by atomic mass is 9.84. The Morgan fingerprint density at radius 2 is 1.67 bits per heavy atom. The minimum atomic E-state index is -0.585. The Balaban J connectivity index is 1.66. The lowest BCUT2D eigenvalue weighted by Gasteiger charge is -2.26. The molecular formula is C16H17NO4. The molecule has 0 unspecified atom stereocenters. The van der Waals surface area contributed by atoms with Gasteiger partial charge in [-0.2, -0.15) is 0 Å². The molecule has 0 radical (unpaired) electrons. The number of benzene rings is 1. The molecule has 0 saturated heterocycles. The van der Waals surface area contributed by atoms with Crippen molar-refractivity contribution in [2.24, 2.45) is 5.92 Å². The number of Topliss-reactive ketones (excluding diaryl/α,β-unsaturated/α-hetero) is 1. The molecule has 1 heterocycles. The number of aliphatic hydroxyl groups excluding tert-OH is 1. The minimum absolute atomic E-state index is 0.0468. The third-order valence-electron chi connectivity index (χ3n) is 4.22. The van der Waals surface area contributed by atoms with Crippen molar-refractivity contribution in [1.82, 2.24) is 4.90 Å². The van der Waals surface area contributed by atoms with Crippen LogP contribution in [0.5, 0.6) is 0 Å². The predicted octanol–water partition coefficient (Wildman–Crippen LogP) is 1.40. The second-order valence-electron chi connectivity index (χ2n) is 5.80. The number of hydrogen-bond acceptors (Lipinski definition) is 4. The fourth-order valence-electron chi connectivity index (χ4n) is 3.19. The van der Waals surface area contributed by atoms with Gasteiger partial charge in [0.1, 0.15) is 5.78 Å². The molecule has 5 heteroatoms. The van der Waals surface area contributed by atoms with Crippen LogP contribution in [0.25, 0.3) is 0 Å². The molecule has 0 bridgehead atoms. The summed E-state index contributed by atoms with van der Waals surface area (Å²) in [7, 11) is 0. The third-order valence-corrected chi connectivity index (χ3v) is 4.22. The summed E-state index contributed by atoms with van der Waals surface area (Å²) in [5, 5.41) is 9.62. The monoisotopic (exact) mass is 287 g/mol. The molecule has 2 amide bonds. The maximum Gasteiger partial charge on any atom is 0.261 e. The van der Waals surface area contributed by atoms with Gasteiger partial charge in [-0.15, -0.1) is 0 Å². The Morgan fingerprint density at radius 3 is 2.24 bits per heavy atom. The smallest absolute Gasteiger partial charge is 0.261 e. The molecule has 1 aromatic rings. The van der Waals surface area contributed by atoms with Crippen molar-refractivity contribution < 1.29 is 19.5 Å². The van der Waals surface area contributed by atoms with E-state index in [0.717, 1.165) is 0 Å². The lowest BCUT2D eigenvalue weighted by Crippen LogP contribution is -2.34. The van der Waals surface area contributed by atoms with E-state index in [1.54, 1.807) is 24.3 Å². The largest absolute Gasteiger partial charge is 0.393 e. The first-order valence-corrected chi connectivity index (χ1v) is 7.21. The van der Waals surface area contributed by atoms with E-state index in [-0.39, 0.29) is 29.9 Å². The Labute approximate surface area is 122 Å². The number of imide groups is 1. The van der Waals surface area contributed by atoms with Crippen molar-refractivity contribution in [2.45, 2.75) is 31.8 Å². The van der Waals surface area contributed by atoms with Gasteiger partial charge in [0.15, 0.2) is 0 Å². The van der Waals surface area contributed by atoms with Gasteiger partial charge in [0.25, 0.3) is 11.8 Å². The molecule has 2 atom stereocenters. The van der Waals surface area contributed by atoms with Crippen LogP contribution >= 0.6 is 0 Å². The summed E-state index contributed by atoms with van der Waals surface area (Å²) in [6, 6.07) is 6.79. The van der Waals surface area contributed by atoms with Gasteiger partial charge in [0.05, 0.1) is 17.2 Å². The van der Waals surface area contributed by atoms with Gasteiger partial charge in [-0.05, 0) is 30.9 Å². The zero-order valence-electron chi connectivity index (χ0n) is 11.6. The number of amides is 2. The van der Waals surface area contributed by atoms with Gasteiger partial charge in [-0.3, -0.25) is 19.3 Å². The second kappa shape index (κ2) is 5.41. The molecule has 110 valence electrons. The summed E-state index contributed by atoms with van der Waals surface area (Å²) in [6.45, 7) is 0.303. The van der Waals surface area contributed by atoms with Crippen LogP contribution in [-0.4, -0.2) is 40.3 Å². The first kappa shape index (κ1) is 13.9. The number of carbonyl (C=O) groups excluding carboxylic acids is 3. The maximum atomic E-state index is 12.2. The van der Waals surface area contributed by atoms with Crippen molar-refractivity contribution >= 4 is 17.6 Å². The maximum absolute atomic E-state index is 12.2. The van der Waals surface area contributed by atoms with Gasteiger partial charge >= 0.3 is 0 Å². The summed E-state index contributed by atoms with van der Waals surface area (Å²) in [5.74, 6) is -0.428. The van der Waals surface area contributed by atoms with Crippen LogP contribution in [-0.2, 0) is 4.79 Å². The van der Waals surface area contributed by atoms with E-state index in [0.29, 0.717) is 36.9 Å². The first-order valence-electron chi connectivity index (χ1n) is 7.21. The summed E-state index contributed by atoms with van der Waals surface area (Å²) in [4.78, 5) is 37.1. The molecule has 1 aliphatic heterocycles. The zero-order chi connectivity index (χ0) is 15.0. The molecule has 1 fully saturated rings. The van der Waals surface area contributed by atoms with Crippen LogP contribution in [0.15, 0.2) is 24.3 Å². The summed E-state index contributed by atoms with van der Waals surface area (Å²) >= 11 is 0. The van der Waals surface area contributed by atoms with Gasteiger partial charge in [-0.25, -0.2) is 0 Å². The topological polar surface area (TPSA) is 74.7 Å². The van der Waals surface area contributed by atoms with Crippen LogP contribution in [0.4, 0.5) is 0 Å². The van der Waals surface area contributed by atoms with Crippen LogP contribution < -0.4 is 0 Å². The van der Waals surface area contributed by atoms with Crippen molar-refractivity contribution in [1.29, 1.82) is 0 Å². The quantitative estimate of drug-likeness (QED) is 0.853. The van der Waals surface area contributed by atoms with Crippen molar-refractivity contribution in [3.8, 4) is 0 Å². The molecule has 2 aliphatic rings. The molecule has 3 rings (SSSR count). The number of rotatable bonds is 3. The highest BCUT2D eigenvalue weighted by molar-refractivity contribution is 6.21. The molecule has 0 spiro atoms. The normalized spacial score (nSPS) is 25.4. The van der Waals surface area contributed by atoms with Gasteiger partial charge in [-0.1, -0.05) is 12.1 Å². The zero-order valence-corrected chi connectivity index (χ0v) is 11.6. The van der Waals surface area contributed by atoms with E-state index < -0.39 is 6.10 Å². The lowest BCUT2D eigenvalue weighted by molar-refractivity contribution is -0.124. The minimum Gasteiger partial charge on any atom is -0.393 e. The van der Waals surface area contributed by atoms with E-state index in [2.05, 4.69) is 0 Å². The number of carbonyl (C=O) groups is 3. The van der Waals surface area contributed by atoms with Crippen LogP contribution in [0, 0.1) is 5.92 Å². The number of aliphatic hydroxyl groups is 1. The third kappa shape index (κ3) is 2.61. The second-order valence-corrected chi connectivity index (χ2v) is 5.80. The van der Waals surface area contributed by atoms with Gasteiger partial charge in [0.2, 0.25) is 0 Å². The summed E-state index contributed by atoms with van der Waals surface area (Å²) in [6.07, 6.45) is 1.20. The van der Waals surface area contributed by atoms with E-state index in [9.17, 15) is 19.5 Å². The molecular weight excluding hydrogens is 270 g/mol. The highest BCUT2D eigenvalue weighted by Crippen LogP contribution is 2.27. The van der Waals surface area contributed by atoms with Crippen LogP contribution in [0.2, 0.25) is 0 Å². The molecule has 1 saturated carbocycles. The number of hydrogen-bond donors (Lipinski definition) is 1.